The van der Waals surface area contributed by atoms with Crippen molar-refractivity contribution in [3.05, 3.63) is 17.5 Å². The first-order valence-corrected chi connectivity index (χ1v) is 6.03. The van der Waals surface area contributed by atoms with Gasteiger partial charge in [0.2, 0.25) is 0 Å². The lowest BCUT2D eigenvalue weighted by Gasteiger charge is -2.19. The summed E-state index contributed by atoms with van der Waals surface area (Å²) >= 11 is 1.50. The zero-order chi connectivity index (χ0) is 12.2. The van der Waals surface area contributed by atoms with Gasteiger partial charge in [0.25, 0.3) is 0 Å². The van der Waals surface area contributed by atoms with Crippen LogP contribution in [0, 0.1) is 25.2 Å². The Balaban J connectivity index is 2.72. The van der Waals surface area contributed by atoms with E-state index in [0.717, 1.165) is 16.5 Å². The van der Waals surface area contributed by atoms with Crippen LogP contribution >= 0.6 is 11.8 Å². The van der Waals surface area contributed by atoms with Crippen molar-refractivity contribution in [1.29, 1.82) is 5.26 Å². The number of hydrogen-bond donors (Lipinski definition) is 1. The molecule has 1 heterocycles. The quantitative estimate of drug-likeness (QED) is 0.636. The van der Waals surface area contributed by atoms with E-state index in [0.29, 0.717) is 5.75 Å². The van der Waals surface area contributed by atoms with Crippen LogP contribution in [0.3, 0.4) is 0 Å². The predicted molar refractivity (Wildman–Crippen MR) is 65.3 cm³/mol. The van der Waals surface area contributed by atoms with Crippen molar-refractivity contribution >= 4 is 11.8 Å². The van der Waals surface area contributed by atoms with E-state index >= 15 is 0 Å². The molecule has 0 saturated carbocycles. The molecule has 4 nitrogen and oxygen atoms in total. The predicted octanol–water partition coefficient (Wildman–Crippen LogP) is 1.69. The van der Waals surface area contributed by atoms with E-state index in [1.54, 1.807) is 7.05 Å². The zero-order valence-corrected chi connectivity index (χ0v) is 10.9. The standard InChI is InChI=1S/C11H16N4S/c1-8-5-9(2)15-10(14-8)16-7-11(3,6-12)13-4/h5,13H,7H2,1-4H3. The fourth-order valence-electron chi connectivity index (χ4n) is 1.13. The highest BCUT2D eigenvalue weighted by Gasteiger charge is 2.21. The van der Waals surface area contributed by atoms with Crippen molar-refractivity contribution in [3.63, 3.8) is 0 Å². The van der Waals surface area contributed by atoms with Gasteiger partial charge in [-0.05, 0) is 33.9 Å². The minimum atomic E-state index is -0.536. The van der Waals surface area contributed by atoms with Crippen LogP contribution < -0.4 is 5.32 Å². The monoisotopic (exact) mass is 236 g/mol. The lowest BCUT2D eigenvalue weighted by atomic mass is 10.1. The molecule has 0 saturated heterocycles. The lowest BCUT2D eigenvalue weighted by molar-refractivity contribution is 0.550. The molecule has 1 aromatic heterocycles. The van der Waals surface area contributed by atoms with Gasteiger partial charge in [-0.3, -0.25) is 0 Å². The summed E-state index contributed by atoms with van der Waals surface area (Å²) in [5.74, 6) is 0.628. The van der Waals surface area contributed by atoms with E-state index in [9.17, 15) is 0 Å². The van der Waals surface area contributed by atoms with Gasteiger partial charge < -0.3 is 5.32 Å². The molecule has 1 atom stereocenters. The molecule has 0 aliphatic rings. The van der Waals surface area contributed by atoms with Gasteiger partial charge in [-0.15, -0.1) is 0 Å². The third-order valence-electron chi connectivity index (χ3n) is 2.25. The van der Waals surface area contributed by atoms with Crippen molar-refractivity contribution < 1.29 is 0 Å². The van der Waals surface area contributed by atoms with Gasteiger partial charge >= 0.3 is 0 Å². The van der Waals surface area contributed by atoms with E-state index in [1.165, 1.54) is 11.8 Å². The van der Waals surface area contributed by atoms with E-state index in [1.807, 2.05) is 26.8 Å². The molecule has 0 spiro atoms. The van der Waals surface area contributed by atoms with Crippen molar-refractivity contribution in [2.75, 3.05) is 12.8 Å². The molecule has 0 bridgehead atoms. The number of rotatable bonds is 4. The number of aromatic nitrogens is 2. The summed E-state index contributed by atoms with van der Waals surface area (Å²) < 4.78 is 0. The molecule has 1 rings (SSSR count). The summed E-state index contributed by atoms with van der Waals surface area (Å²) in [5, 5.41) is 12.7. The van der Waals surface area contributed by atoms with Crippen LogP contribution in [0.15, 0.2) is 11.2 Å². The number of hydrogen-bond acceptors (Lipinski definition) is 5. The van der Waals surface area contributed by atoms with Crippen LogP contribution in [-0.2, 0) is 0 Å². The molecule has 0 fully saturated rings. The second-order valence-corrected chi connectivity index (χ2v) is 4.86. The fraction of sp³-hybridized carbons (Fsp3) is 0.545. The maximum atomic E-state index is 9.01. The summed E-state index contributed by atoms with van der Waals surface area (Å²) in [4.78, 5) is 8.64. The Kier molecular flexibility index (Phi) is 4.27. The molecule has 1 aromatic rings. The largest absolute Gasteiger partial charge is 0.302 e. The van der Waals surface area contributed by atoms with E-state index in [4.69, 9.17) is 5.26 Å². The Hall–Kier alpha value is -1.12. The highest BCUT2D eigenvalue weighted by atomic mass is 32.2. The number of nitrogens with one attached hydrogen (secondary N) is 1. The van der Waals surface area contributed by atoms with Crippen LogP contribution in [0.1, 0.15) is 18.3 Å². The number of nitrogens with zero attached hydrogens (tertiary/aromatic N) is 3. The van der Waals surface area contributed by atoms with Crippen molar-refractivity contribution in [3.8, 4) is 6.07 Å². The summed E-state index contributed by atoms with van der Waals surface area (Å²) in [6.45, 7) is 5.75. The second-order valence-electron chi connectivity index (χ2n) is 3.92. The number of nitriles is 1. The van der Waals surface area contributed by atoms with E-state index in [2.05, 4.69) is 21.4 Å². The second kappa shape index (κ2) is 5.28. The Morgan fingerprint density at radius 1 is 1.44 bits per heavy atom. The van der Waals surface area contributed by atoms with E-state index in [-0.39, 0.29) is 0 Å². The van der Waals surface area contributed by atoms with Gasteiger partial charge in [0.1, 0.15) is 5.54 Å². The Morgan fingerprint density at radius 3 is 2.44 bits per heavy atom. The van der Waals surface area contributed by atoms with Crippen LogP contribution in [0.5, 0.6) is 0 Å². The lowest BCUT2D eigenvalue weighted by Crippen LogP contribution is -2.40. The molecule has 86 valence electrons. The first-order valence-electron chi connectivity index (χ1n) is 5.04. The van der Waals surface area contributed by atoms with Gasteiger partial charge in [0.05, 0.1) is 6.07 Å². The third kappa shape index (κ3) is 3.47. The average molecular weight is 236 g/mol. The minimum absolute atomic E-state index is 0.536. The van der Waals surface area contributed by atoms with Crippen molar-refractivity contribution in [1.82, 2.24) is 15.3 Å². The molecule has 0 aliphatic heterocycles. The average Bonchev–Trinajstić information content (AvgIpc) is 2.25. The smallest absolute Gasteiger partial charge is 0.188 e. The van der Waals surface area contributed by atoms with Gasteiger partial charge in [-0.2, -0.15) is 5.26 Å². The van der Waals surface area contributed by atoms with Crippen LogP contribution in [0.4, 0.5) is 0 Å². The van der Waals surface area contributed by atoms with Crippen LogP contribution in [-0.4, -0.2) is 28.3 Å². The molecule has 1 N–H and O–H groups in total. The maximum Gasteiger partial charge on any atom is 0.188 e. The van der Waals surface area contributed by atoms with Gasteiger partial charge in [0.15, 0.2) is 5.16 Å². The van der Waals surface area contributed by atoms with E-state index < -0.39 is 5.54 Å². The zero-order valence-electron chi connectivity index (χ0n) is 10.0. The summed E-state index contributed by atoms with van der Waals surface area (Å²) in [7, 11) is 1.78. The number of thioether (sulfide) groups is 1. The highest BCUT2D eigenvalue weighted by molar-refractivity contribution is 7.99. The summed E-state index contributed by atoms with van der Waals surface area (Å²) in [6.07, 6.45) is 0. The Morgan fingerprint density at radius 2 is 2.00 bits per heavy atom. The molecule has 0 radical (unpaired) electrons. The highest BCUT2D eigenvalue weighted by Crippen LogP contribution is 2.19. The molecule has 16 heavy (non-hydrogen) atoms. The van der Waals surface area contributed by atoms with Gasteiger partial charge in [-0.25, -0.2) is 9.97 Å². The summed E-state index contributed by atoms with van der Waals surface area (Å²) in [6, 6.07) is 4.18. The fourth-order valence-corrected chi connectivity index (χ4v) is 2.17. The molecule has 1 unspecified atom stereocenters. The van der Waals surface area contributed by atoms with Gasteiger partial charge in [0, 0.05) is 17.1 Å². The molecule has 0 amide bonds. The molecule has 5 heteroatoms. The molecule has 0 aliphatic carbocycles. The van der Waals surface area contributed by atoms with Gasteiger partial charge in [-0.1, -0.05) is 11.8 Å². The number of aryl methyl sites for hydroxylation is 2. The maximum absolute atomic E-state index is 9.01. The van der Waals surface area contributed by atoms with Crippen molar-refractivity contribution in [2.45, 2.75) is 31.5 Å². The normalized spacial score (nSPS) is 14.2. The first kappa shape index (κ1) is 12.9. The van der Waals surface area contributed by atoms with Crippen molar-refractivity contribution in [2.24, 2.45) is 0 Å². The molecular weight excluding hydrogens is 220 g/mol. The molecule has 0 aromatic carbocycles. The first-order chi connectivity index (χ1) is 7.49. The Labute approximate surface area is 100 Å². The third-order valence-corrected chi connectivity index (χ3v) is 3.41. The topological polar surface area (TPSA) is 61.6 Å². The van der Waals surface area contributed by atoms with Crippen LogP contribution in [0.2, 0.25) is 0 Å². The SMILES string of the molecule is CNC(C)(C#N)CSc1nc(C)cc(C)n1. The molecular formula is C11H16N4S. The minimum Gasteiger partial charge on any atom is -0.302 e. The summed E-state index contributed by atoms with van der Waals surface area (Å²) in [5.41, 5.74) is 1.38. The Bertz CT molecular complexity index is 393. The van der Waals surface area contributed by atoms with Crippen LogP contribution in [0.25, 0.3) is 0 Å².